The largest absolute Gasteiger partial charge is 0.374 e. The molecule has 1 saturated heterocycles. The molecule has 1 aliphatic rings. The molecule has 0 saturated carbocycles. The van der Waals surface area contributed by atoms with Gasteiger partial charge in [-0.1, -0.05) is 17.7 Å². The lowest BCUT2D eigenvalue weighted by molar-refractivity contribution is 0.0320. The van der Waals surface area contributed by atoms with E-state index in [1.807, 2.05) is 0 Å². The normalized spacial score (nSPS) is 25.3. The highest BCUT2D eigenvalue weighted by atomic mass is 35.5. The van der Waals surface area contributed by atoms with Crippen LogP contribution in [0.1, 0.15) is 25.3 Å². The van der Waals surface area contributed by atoms with E-state index in [1.54, 1.807) is 6.07 Å². The van der Waals surface area contributed by atoms with Crippen LogP contribution in [-0.2, 0) is 11.2 Å². The summed E-state index contributed by atoms with van der Waals surface area (Å²) in [6.45, 7) is 2.05. The Hall–Kier alpha value is -0.680. The van der Waals surface area contributed by atoms with Gasteiger partial charge in [-0.25, -0.2) is 4.39 Å². The summed E-state index contributed by atoms with van der Waals surface area (Å²) in [6, 6.07) is 4.42. The first-order valence-corrected chi connectivity index (χ1v) is 6.53. The van der Waals surface area contributed by atoms with Crippen LogP contribution in [0, 0.1) is 5.82 Å². The third-order valence-corrected chi connectivity index (χ3v) is 3.73. The molecule has 1 aliphatic heterocycles. The summed E-state index contributed by atoms with van der Waals surface area (Å²) in [5.74, 6) is 5.25. The van der Waals surface area contributed by atoms with Crippen molar-refractivity contribution in [2.45, 2.75) is 44.4 Å². The van der Waals surface area contributed by atoms with Crippen molar-refractivity contribution in [2.75, 3.05) is 0 Å². The maximum atomic E-state index is 13.0. The Labute approximate surface area is 111 Å². The number of benzene rings is 1. The van der Waals surface area contributed by atoms with E-state index in [0.717, 1.165) is 18.4 Å². The zero-order chi connectivity index (χ0) is 13.1. The fraction of sp³-hybridized carbons (Fsp3) is 0.538. The molecule has 2 rings (SSSR count). The highest BCUT2D eigenvalue weighted by molar-refractivity contribution is 6.31. The smallest absolute Gasteiger partial charge is 0.124 e. The molecular weight excluding hydrogens is 255 g/mol. The predicted octanol–water partition coefficient (Wildman–Crippen LogP) is 2.42. The summed E-state index contributed by atoms with van der Waals surface area (Å²) in [4.78, 5) is 0. The number of hydrogen-bond acceptors (Lipinski definition) is 3. The Bertz CT molecular complexity index is 416. The van der Waals surface area contributed by atoms with Crippen LogP contribution in [0.4, 0.5) is 4.39 Å². The molecule has 3 N–H and O–H groups in total. The number of nitrogens with two attached hydrogens (primary N) is 1. The molecule has 3 atom stereocenters. The first kappa shape index (κ1) is 13.7. The summed E-state index contributed by atoms with van der Waals surface area (Å²) >= 11 is 6.02. The number of halogens is 2. The average Bonchev–Trinajstić information content (AvgIpc) is 2.75. The molecule has 100 valence electrons. The van der Waals surface area contributed by atoms with E-state index in [2.05, 4.69) is 12.3 Å². The van der Waals surface area contributed by atoms with E-state index in [0.29, 0.717) is 11.4 Å². The minimum Gasteiger partial charge on any atom is -0.374 e. The third kappa shape index (κ3) is 3.20. The van der Waals surface area contributed by atoms with Gasteiger partial charge in [-0.05, 0) is 43.9 Å². The second-order valence-electron chi connectivity index (χ2n) is 4.78. The van der Waals surface area contributed by atoms with E-state index in [4.69, 9.17) is 22.2 Å². The van der Waals surface area contributed by atoms with Gasteiger partial charge in [0.15, 0.2) is 0 Å². The van der Waals surface area contributed by atoms with Gasteiger partial charge in [0, 0.05) is 5.02 Å². The fourth-order valence-corrected chi connectivity index (χ4v) is 2.60. The summed E-state index contributed by atoms with van der Waals surface area (Å²) in [7, 11) is 0. The van der Waals surface area contributed by atoms with Gasteiger partial charge in [-0.3, -0.25) is 11.3 Å². The van der Waals surface area contributed by atoms with Crippen LogP contribution >= 0.6 is 11.6 Å². The molecular formula is C13H18ClFN2O. The second kappa shape index (κ2) is 5.97. The molecule has 3 unspecified atom stereocenters. The molecule has 1 aromatic rings. The predicted molar refractivity (Wildman–Crippen MR) is 69.8 cm³/mol. The van der Waals surface area contributed by atoms with Crippen LogP contribution in [0.2, 0.25) is 5.02 Å². The van der Waals surface area contributed by atoms with Gasteiger partial charge >= 0.3 is 0 Å². The third-order valence-electron chi connectivity index (χ3n) is 3.38. The maximum absolute atomic E-state index is 13.0. The monoisotopic (exact) mass is 272 g/mol. The number of nitrogens with one attached hydrogen (secondary N) is 1. The van der Waals surface area contributed by atoms with E-state index in [1.165, 1.54) is 12.1 Å². The quantitative estimate of drug-likeness (QED) is 0.654. The van der Waals surface area contributed by atoms with Gasteiger partial charge in [0.05, 0.1) is 18.2 Å². The molecule has 1 heterocycles. The summed E-state index contributed by atoms with van der Waals surface area (Å²) in [5, 5.41) is 0.432. The van der Waals surface area contributed by atoms with Crippen molar-refractivity contribution in [3.63, 3.8) is 0 Å². The molecule has 1 aromatic carbocycles. The average molecular weight is 273 g/mol. The molecule has 1 fully saturated rings. The lowest BCUT2D eigenvalue weighted by Gasteiger charge is -2.23. The minimum atomic E-state index is -0.327. The van der Waals surface area contributed by atoms with Crippen molar-refractivity contribution < 1.29 is 9.13 Å². The van der Waals surface area contributed by atoms with Crippen LogP contribution in [0.15, 0.2) is 18.2 Å². The van der Waals surface area contributed by atoms with Gasteiger partial charge in [0.1, 0.15) is 5.82 Å². The zero-order valence-electron chi connectivity index (χ0n) is 10.3. The maximum Gasteiger partial charge on any atom is 0.124 e. The van der Waals surface area contributed by atoms with E-state index >= 15 is 0 Å². The first-order chi connectivity index (χ1) is 8.60. The SMILES string of the molecule is CC1CCC(C(Cc2ccc(F)cc2Cl)NN)O1. The summed E-state index contributed by atoms with van der Waals surface area (Å²) < 4.78 is 18.8. The molecule has 0 spiro atoms. The molecule has 0 aliphatic carbocycles. The number of hydrazine groups is 1. The number of ether oxygens (including phenoxy) is 1. The highest BCUT2D eigenvalue weighted by Crippen LogP contribution is 2.25. The van der Waals surface area contributed by atoms with Crippen LogP contribution in [0.3, 0.4) is 0 Å². The lowest BCUT2D eigenvalue weighted by Crippen LogP contribution is -2.45. The van der Waals surface area contributed by atoms with E-state index in [-0.39, 0.29) is 24.1 Å². The van der Waals surface area contributed by atoms with Crippen molar-refractivity contribution in [2.24, 2.45) is 5.84 Å². The second-order valence-corrected chi connectivity index (χ2v) is 5.18. The number of rotatable bonds is 4. The Balaban J connectivity index is 2.05. The van der Waals surface area contributed by atoms with E-state index in [9.17, 15) is 4.39 Å². The van der Waals surface area contributed by atoms with Gasteiger partial charge in [-0.15, -0.1) is 0 Å². The molecule has 0 amide bonds. The van der Waals surface area contributed by atoms with Crippen molar-refractivity contribution in [1.29, 1.82) is 0 Å². The molecule has 0 radical (unpaired) electrons. The Morgan fingerprint density at radius 3 is 2.89 bits per heavy atom. The van der Waals surface area contributed by atoms with Crippen molar-refractivity contribution in [3.8, 4) is 0 Å². The molecule has 3 nitrogen and oxygen atoms in total. The Morgan fingerprint density at radius 2 is 2.33 bits per heavy atom. The standard InChI is InChI=1S/C13H18ClFN2O/c1-8-2-5-13(18-8)12(17-16)6-9-3-4-10(15)7-11(9)14/h3-4,7-8,12-13,17H,2,5-6,16H2,1H3. The van der Waals surface area contributed by atoms with Crippen LogP contribution in [0.25, 0.3) is 0 Å². The van der Waals surface area contributed by atoms with Gasteiger partial charge in [0.25, 0.3) is 0 Å². The Kier molecular flexibility index (Phi) is 4.56. The van der Waals surface area contributed by atoms with E-state index < -0.39 is 0 Å². The molecule has 5 heteroatoms. The van der Waals surface area contributed by atoms with Crippen molar-refractivity contribution in [3.05, 3.63) is 34.6 Å². The molecule has 18 heavy (non-hydrogen) atoms. The summed E-state index contributed by atoms with van der Waals surface area (Å²) in [6.07, 6.45) is 3.02. The zero-order valence-corrected chi connectivity index (χ0v) is 11.1. The Morgan fingerprint density at radius 1 is 1.56 bits per heavy atom. The van der Waals surface area contributed by atoms with Gasteiger partial charge in [0.2, 0.25) is 0 Å². The molecule has 0 aromatic heterocycles. The topological polar surface area (TPSA) is 47.3 Å². The van der Waals surface area contributed by atoms with Crippen LogP contribution < -0.4 is 11.3 Å². The minimum absolute atomic E-state index is 0.00193. The number of hydrogen-bond donors (Lipinski definition) is 2. The fourth-order valence-electron chi connectivity index (χ4n) is 2.35. The lowest BCUT2D eigenvalue weighted by atomic mass is 9.99. The summed E-state index contributed by atoms with van der Waals surface area (Å²) in [5.41, 5.74) is 3.66. The highest BCUT2D eigenvalue weighted by Gasteiger charge is 2.29. The van der Waals surface area contributed by atoms with Crippen LogP contribution in [0.5, 0.6) is 0 Å². The first-order valence-electron chi connectivity index (χ1n) is 6.15. The van der Waals surface area contributed by atoms with Crippen molar-refractivity contribution in [1.82, 2.24) is 5.43 Å². The van der Waals surface area contributed by atoms with Gasteiger partial charge < -0.3 is 4.74 Å². The van der Waals surface area contributed by atoms with Gasteiger partial charge in [-0.2, -0.15) is 0 Å². The van der Waals surface area contributed by atoms with Crippen molar-refractivity contribution >= 4 is 11.6 Å². The van der Waals surface area contributed by atoms with Crippen LogP contribution in [-0.4, -0.2) is 18.2 Å². The molecule has 0 bridgehead atoms.